The number of nitrogens with zero attached hydrogens (tertiary/aromatic N) is 2. The van der Waals surface area contributed by atoms with Crippen LogP contribution in [0.3, 0.4) is 0 Å². The van der Waals surface area contributed by atoms with Gasteiger partial charge in [-0.25, -0.2) is 0 Å². The topological polar surface area (TPSA) is 39.1 Å². The number of fused-ring (bicyclic) bond motifs is 1. The van der Waals surface area contributed by atoms with E-state index >= 15 is 0 Å². The van der Waals surface area contributed by atoms with Gasteiger partial charge in [0, 0.05) is 37.9 Å². The molecule has 3 rings (SSSR count). The summed E-state index contributed by atoms with van der Waals surface area (Å²) in [4.78, 5) is 0. The summed E-state index contributed by atoms with van der Waals surface area (Å²) >= 11 is 0. The van der Waals surface area contributed by atoms with Gasteiger partial charge in [0.2, 0.25) is 0 Å². The van der Waals surface area contributed by atoms with Gasteiger partial charge in [-0.15, -0.1) is 0 Å². The van der Waals surface area contributed by atoms with Crippen LogP contribution in [0.4, 0.5) is 0 Å². The molecule has 3 aromatic rings. The summed E-state index contributed by atoms with van der Waals surface area (Å²) in [6.07, 6.45) is 1.88. The van der Waals surface area contributed by atoms with E-state index in [2.05, 4.69) is 60.7 Å². The van der Waals surface area contributed by atoms with Crippen LogP contribution in [0.15, 0.2) is 48.7 Å². The molecule has 1 N–H and O–H groups in total. The summed E-state index contributed by atoms with van der Waals surface area (Å²) in [6.45, 7) is 6.34. The van der Waals surface area contributed by atoms with Crippen LogP contribution in [0, 0.1) is 5.92 Å². The van der Waals surface area contributed by atoms with Crippen molar-refractivity contribution < 1.29 is 4.74 Å². The highest BCUT2D eigenvalue weighted by atomic mass is 16.5. The number of aromatic nitrogens is 2. The van der Waals surface area contributed by atoms with Crippen molar-refractivity contribution in [3.8, 4) is 5.75 Å². The molecule has 2 aromatic carbocycles. The lowest BCUT2D eigenvalue weighted by atomic mass is 9.92. The first-order valence-electron chi connectivity index (χ1n) is 8.84. The third-order valence-corrected chi connectivity index (χ3v) is 4.85. The minimum atomic E-state index is 0.456. The van der Waals surface area contributed by atoms with E-state index in [4.69, 9.17) is 4.74 Å². The number of hydrogen-bond acceptors (Lipinski definition) is 3. The molecule has 1 heterocycles. The second kappa shape index (κ2) is 7.70. The number of ether oxygens (including phenoxy) is 1. The van der Waals surface area contributed by atoms with Crippen LogP contribution in [-0.2, 0) is 13.6 Å². The molecule has 0 amide bonds. The first-order chi connectivity index (χ1) is 12.1. The van der Waals surface area contributed by atoms with Gasteiger partial charge in [-0.05, 0) is 46.5 Å². The molecule has 0 radical (unpaired) electrons. The highest BCUT2D eigenvalue weighted by molar-refractivity contribution is 5.84. The molecule has 132 valence electrons. The molecular weight excluding hydrogens is 310 g/mol. The summed E-state index contributed by atoms with van der Waals surface area (Å²) in [6, 6.07) is 14.9. The third kappa shape index (κ3) is 4.02. The van der Waals surface area contributed by atoms with E-state index in [0.29, 0.717) is 11.8 Å². The van der Waals surface area contributed by atoms with E-state index in [-0.39, 0.29) is 0 Å². The Kier molecular flexibility index (Phi) is 5.39. The Bertz CT molecular complexity index is 838. The molecular formula is C21H27N3O. The van der Waals surface area contributed by atoms with Crippen molar-refractivity contribution in [3.05, 3.63) is 59.9 Å². The molecule has 0 aliphatic carbocycles. The molecule has 0 saturated heterocycles. The van der Waals surface area contributed by atoms with Crippen molar-refractivity contribution in [1.82, 2.24) is 15.1 Å². The Hall–Kier alpha value is -2.33. The highest BCUT2D eigenvalue weighted by Crippen LogP contribution is 2.24. The molecule has 4 heteroatoms. The number of rotatable bonds is 7. The van der Waals surface area contributed by atoms with E-state index in [1.165, 1.54) is 22.0 Å². The van der Waals surface area contributed by atoms with Gasteiger partial charge in [-0.2, -0.15) is 5.10 Å². The first-order valence-corrected chi connectivity index (χ1v) is 8.84. The molecule has 0 aliphatic rings. The minimum absolute atomic E-state index is 0.456. The normalized spacial score (nSPS) is 12.7. The molecule has 0 aliphatic heterocycles. The zero-order valence-corrected chi connectivity index (χ0v) is 15.5. The molecule has 0 saturated carbocycles. The largest absolute Gasteiger partial charge is 0.497 e. The predicted octanol–water partition coefficient (Wildman–Crippen LogP) is 4.11. The average molecular weight is 337 g/mol. The van der Waals surface area contributed by atoms with Gasteiger partial charge in [-0.3, -0.25) is 4.68 Å². The van der Waals surface area contributed by atoms with Crippen molar-refractivity contribution in [2.75, 3.05) is 13.7 Å². The van der Waals surface area contributed by atoms with Gasteiger partial charge in [0.1, 0.15) is 5.75 Å². The number of aryl methyl sites for hydroxylation is 1. The molecule has 1 aromatic heterocycles. The average Bonchev–Trinajstić information content (AvgIpc) is 3.03. The molecule has 0 fully saturated rings. The first kappa shape index (κ1) is 17.5. The fraction of sp³-hybridized carbons (Fsp3) is 0.381. The van der Waals surface area contributed by atoms with Crippen molar-refractivity contribution in [3.63, 3.8) is 0 Å². The van der Waals surface area contributed by atoms with E-state index in [1.807, 2.05) is 24.0 Å². The summed E-state index contributed by atoms with van der Waals surface area (Å²) in [7, 11) is 3.72. The van der Waals surface area contributed by atoms with Crippen molar-refractivity contribution in [2.45, 2.75) is 26.3 Å². The maximum absolute atomic E-state index is 5.29. The lowest BCUT2D eigenvalue weighted by Gasteiger charge is -2.21. The highest BCUT2D eigenvalue weighted by Gasteiger charge is 2.18. The minimum Gasteiger partial charge on any atom is -0.497 e. The SMILES string of the molecule is COc1ccc2cc(CNC[C@H](c3ccnn3C)C(C)C)ccc2c1. The van der Waals surface area contributed by atoms with Crippen LogP contribution < -0.4 is 10.1 Å². The Morgan fingerprint density at radius 2 is 1.84 bits per heavy atom. The fourth-order valence-corrected chi connectivity index (χ4v) is 3.31. The lowest BCUT2D eigenvalue weighted by Crippen LogP contribution is -2.26. The predicted molar refractivity (Wildman–Crippen MR) is 103 cm³/mol. The molecule has 0 bridgehead atoms. The quantitative estimate of drug-likeness (QED) is 0.705. The second-order valence-electron chi connectivity index (χ2n) is 6.91. The smallest absolute Gasteiger partial charge is 0.119 e. The Labute approximate surface area is 149 Å². The number of hydrogen-bond donors (Lipinski definition) is 1. The Morgan fingerprint density at radius 1 is 1.08 bits per heavy atom. The van der Waals surface area contributed by atoms with E-state index in [0.717, 1.165) is 18.8 Å². The van der Waals surface area contributed by atoms with E-state index < -0.39 is 0 Å². The van der Waals surface area contributed by atoms with E-state index in [1.54, 1.807) is 7.11 Å². The third-order valence-electron chi connectivity index (χ3n) is 4.85. The summed E-state index contributed by atoms with van der Waals surface area (Å²) in [5.74, 6) is 1.92. The van der Waals surface area contributed by atoms with Crippen molar-refractivity contribution in [1.29, 1.82) is 0 Å². The molecule has 4 nitrogen and oxygen atoms in total. The van der Waals surface area contributed by atoms with Crippen molar-refractivity contribution in [2.24, 2.45) is 13.0 Å². The standard InChI is InChI=1S/C21H27N3O/c1-15(2)20(21-9-10-23-24(21)3)14-22-13-16-5-6-18-12-19(25-4)8-7-17(18)11-16/h5-12,15,20,22H,13-14H2,1-4H3/t20-/m0/s1. The zero-order chi connectivity index (χ0) is 17.8. The summed E-state index contributed by atoms with van der Waals surface area (Å²) in [5.41, 5.74) is 2.58. The Balaban J connectivity index is 1.66. The number of nitrogens with one attached hydrogen (secondary N) is 1. The number of methoxy groups -OCH3 is 1. The Morgan fingerprint density at radius 3 is 2.52 bits per heavy atom. The monoisotopic (exact) mass is 337 g/mol. The zero-order valence-electron chi connectivity index (χ0n) is 15.5. The van der Waals surface area contributed by atoms with Crippen LogP contribution in [0.2, 0.25) is 0 Å². The lowest BCUT2D eigenvalue weighted by molar-refractivity contribution is 0.415. The maximum atomic E-state index is 5.29. The maximum Gasteiger partial charge on any atom is 0.119 e. The number of benzene rings is 2. The summed E-state index contributed by atoms with van der Waals surface area (Å²) < 4.78 is 7.27. The molecule has 0 unspecified atom stereocenters. The van der Waals surface area contributed by atoms with Crippen LogP contribution >= 0.6 is 0 Å². The van der Waals surface area contributed by atoms with Crippen LogP contribution in [-0.4, -0.2) is 23.4 Å². The second-order valence-corrected chi connectivity index (χ2v) is 6.91. The molecule has 25 heavy (non-hydrogen) atoms. The van der Waals surface area contributed by atoms with Gasteiger partial charge in [-0.1, -0.05) is 32.0 Å². The van der Waals surface area contributed by atoms with Crippen LogP contribution in [0.1, 0.15) is 31.0 Å². The molecule has 0 spiro atoms. The van der Waals surface area contributed by atoms with Gasteiger partial charge in [0.15, 0.2) is 0 Å². The van der Waals surface area contributed by atoms with Gasteiger partial charge >= 0.3 is 0 Å². The van der Waals surface area contributed by atoms with E-state index in [9.17, 15) is 0 Å². The van der Waals surface area contributed by atoms with Crippen LogP contribution in [0.5, 0.6) is 5.75 Å². The van der Waals surface area contributed by atoms with Gasteiger partial charge in [0.05, 0.1) is 7.11 Å². The van der Waals surface area contributed by atoms with Crippen LogP contribution in [0.25, 0.3) is 10.8 Å². The van der Waals surface area contributed by atoms with Crippen molar-refractivity contribution >= 4 is 10.8 Å². The fourth-order valence-electron chi connectivity index (χ4n) is 3.31. The van der Waals surface area contributed by atoms with Gasteiger partial charge < -0.3 is 10.1 Å². The van der Waals surface area contributed by atoms with Gasteiger partial charge in [0.25, 0.3) is 0 Å². The molecule has 1 atom stereocenters. The summed E-state index contributed by atoms with van der Waals surface area (Å²) in [5, 5.41) is 10.4.